The fourth-order valence-electron chi connectivity index (χ4n) is 2.60. The maximum atomic E-state index is 13.8. The average molecular weight is 419 g/mol. The Kier molecular flexibility index (Phi) is 6.07. The number of para-hydroxylation sites is 1. The number of nitrogens with zero attached hydrogens (tertiary/aromatic N) is 2. The van der Waals surface area contributed by atoms with Crippen LogP contribution in [0.25, 0.3) is 10.9 Å². The third-order valence-electron chi connectivity index (χ3n) is 4.08. The molecule has 0 aliphatic rings. The summed E-state index contributed by atoms with van der Waals surface area (Å²) in [6, 6.07) is 8.45. The second-order valence-corrected chi connectivity index (χ2v) is 7.40. The average Bonchev–Trinajstić information content (AvgIpc) is 2.71. The van der Waals surface area contributed by atoms with Crippen molar-refractivity contribution < 1.29 is 18.0 Å². The number of halogens is 3. The molecule has 150 valence electrons. The maximum absolute atomic E-state index is 13.8. The van der Waals surface area contributed by atoms with Crippen LogP contribution in [0.4, 0.5) is 18.9 Å². The lowest BCUT2D eigenvalue weighted by Crippen LogP contribution is -2.27. The number of carbonyl (C=O) groups excluding carboxylic acids is 1. The molecule has 5 nitrogen and oxygen atoms in total. The third kappa shape index (κ3) is 4.19. The molecule has 0 spiro atoms. The first kappa shape index (κ1) is 20.7. The molecule has 0 fully saturated rings. The van der Waals surface area contributed by atoms with Gasteiger partial charge in [-0.05, 0) is 31.2 Å². The number of aromatic nitrogens is 2. The number of allylic oxidation sites excluding steroid dienone is 1. The number of thioether (sulfide) groups is 1. The molecule has 0 bridgehead atoms. The highest BCUT2D eigenvalue weighted by Gasteiger charge is 2.21. The van der Waals surface area contributed by atoms with Crippen molar-refractivity contribution >= 4 is 34.3 Å². The highest BCUT2D eigenvalue weighted by molar-refractivity contribution is 8.00. The molecule has 1 unspecified atom stereocenters. The van der Waals surface area contributed by atoms with Gasteiger partial charge in [0.05, 0.1) is 21.8 Å². The van der Waals surface area contributed by atoms with Gasteiger partial charge in [0.15, 0.2) is 22.6 Å². The summed E-state index contributed by atoms with van der Waals surface area (Å²) in [6.07, 6.45) is 1.53. The number of fused-ring (bicyclic) bond motifs is 1. The van der Waals surface area contributed by atoms with E-state index in [1.165, 1.54) is 17.6 Å². The minimum atomic E-state index is -1.67. The summed E-state index contributed by atoms with van der Waals surface area (Å²) in [5.41, 5.74) is -0.284. The van der Waals surface area contributed by atoms with Crippen LogP contribution in [0, 0.1) is 17.5 Å². The number of anilines is 1. The van der Waals surface area contributed by atoms with Crippen molar-refractivity contribution in [3.8, 4) is 0 Å². The van der Waals surface area contributed by atoms with Crippen molar-refractivity contribution in [1.82, 2.24) is 9.55 Å². The summed E-state index contributed by atoms with van der Waals surface area (Å²) >= 11 is 0.981. The molecule has 1 atom stereocenters. The number of hydrogen-bond donors (Lipinski definition) is 1. The number of carbonyl (C=O) groups is 1. The van der Waals surface area contributed by atoms with E-state index in [0.29, 0.717) is 10.9 Å². The number of nitrogens with one attached hydrogen (secondary N) is 1. The number of benzene rings is 2. The standard InChI is InChI=1S/C20H16F3N3O2S/c1-3-10-26-19(28)12-6-4-5-7-14(12)25-20(26)29-11(2)18(27)24-15-9-8-13(21)16(22)17(15)23/h3-9,11H,1,10H2,2H3,(H,24,27). The molecule has 0 saturated carbocycles. The second-order valence-electron chi connectivity index (χ2n) is 6.09. The van der Waals surface area contributed by atoms with Gasteiger partial charge in [0, 0.05) is 6.54 Å². The summed E-state index contributed by atoms with van der Waals surface area (Å²) in [4.78, 5) is 29.6. The summed E-state index contributed by atoms with van der Waals surface area (Å²) in [5.74, 6) is -5.16. The Hall–Kier alpha value is -3.07. The lowest BCUT2D eigenvalue weighted by Gasteiger charge is -2.16. The molecule has 1 heterocycles. The summed E-state index contributed by atoms with van der Waals surface area (Å²) in [6.45, 7) is 5.34. The SMILES string of the molecule is C=CCn1c(SC(C)C(=O)Nc2ccc(F)c(F)c2F)nc2ccccc2c1=O. The normalized spacial score (nSPS) is 12.0. The lowest BCUT2D eigenvalue weighted by molar-refractivity contribution is -0.115. The van der Waals surface area contributed by atoms with Crippen LogP contribution < -0.4 is 10.9 Å². The van der Waals surface area contributed by atoms with Crippen LogP contribution in [0.3, 0.4) is 0 Å². The minimum absolute atomic E-state index is 0.186. The molecule has 3 aromatic rings. The van der Waals surface area contributed by atoms with E-state index < -0.39 is 34.3 Å². The first-order chi connectivity index (χ1) is 13.8. The Morgan fingerprint density at radius 1 is 1.24 bits per heavy atom. The second kappa shape index (κ2) is 8.52. The van der Waals surface area contributed by atoms with Crippen LogP contribution in [0.2, 0.25) is 0 Å². The van der Waals surface area contributed by atoms with Crippen molar-refractivity contribution in [2.45, 2.75) is 23.9 Å². The quantitative estimate of drug-likeness (QED) is 0.283. The van der Waals surface area contributed by atoms with Gasteiger partial charge in [-0.15, -0.1) is 6.58 Å². The zero-order chi connectivity index (χ0) is 21.1. The first-order valence-electron chi connectivity index (χ1n) is 8.55. The van der Waals surface area contributed by atoms with Gasteiger partial charge in [0.25, 0.3) is 5.56 Å². The molecule has 9 heteroatoms. The third-order valence-corrected chi connectivity index (χ3v) is 5.17. The van der Waals surface area contributed by atoms with Gasteiger partial charge in [-0.3, -0.25) is 14.2 Å². The molecular weight excluding hydrogens is 403 g/mol. The van der Waals surface area contributed by atoms with Crippen LogP contribution in [0.1, 0.15) is 6.92 Å². The van der Waals surface area contributed by atoms with Crippen LogP contribution in [0.5, 0.6) is 0 Å². The Morgan fingerprint density at radius 2 is 1.97 bits per heavy atom. The van der Waals surface area contributed by atoms with E-state index in [0.717, 1.165) is 23.9 Å². The molecule has 0 radical (unpaired) electrons. The van der Waals surface area contributed by atoms with Crippen LogP contribution in [-0.4, -0.2) is 20.7 Å². The van der Waals surface area contributed by atoms with Gasteiger partial charge in [-0.1, -0.05) is 30.0 Å². The van der Waals surface area contributed by atoms with Crippen LogP contribution in [0.15, 0.2) is 59.0 Å². The van der Waals surface area contributed by atoms with Crippen molar-refractivity contribution in [3.05, 3.63) is 76.9 Å². The minimum Gasteiger partial charge on any atom is -0.323 e. The molecule has 0 aliphatic carbocycles. The number of rotatable bonds is 6. The molecule has 2 aromatic carbocycles. The molecule has 0 saturated heterocycles. The zero-order valence-corrected chi connectivity index (χ0v) is 16.1. The summed E-state index contributed by atoms with van der Waals surface area (Å²) < 4.78 is 41.6. The smallest absolute Gasteiger partial charge is 0.262 e. The van der Waals surface area contributed by atoms with Gasteiger partial charge < -0.3 is 5.32 Å². The van der Waals surface area contributed by atoms with Crippen molar-refractivity contribution in [1.29, 1.82) is 0 Å². The number of amides is 1. The lowest BCUT2D eigenvalue weighted by atomic mass is 10.2. The highest BCUT2D eigenvalue weighted by atomic mass is 32.2. The van der Waals surface area contributed by atoms with E-state index in [4.69, 9.17) is 0 Å². The summed E-state index contributed by atoms with van der Waals surface area (Å²) in [5, 5.41) is 2.12. The largest absolute Gasteiger partial charge is 0.323 e. The summed E-state index contributed by atoms with van der Waals surface area (Å²) in [7, 11) is 0. The Bertz CT molecular complexity index is 1160. The van der Waals surface area contributed by atoms with E-state index in [2.05, 4.69) is 16.9 Å². The van der Waals surface area contributed by atoms with E-state index in [1.54, 1.807) is 24.3 Å². The van der Waals surface area contributed by atoms with Gasteiger partial charge in [0.2, 0.25) is 5.91 Å². The predicted molar refractivity (Wildman–Crippen MR) is 106 cm³/mol. The van der Waals surface area contributed by atoms with E-state index in [9.17, 15) is 22.8 Å². The Morgan fingerprint density at radius 3 is 2.69 bits per heavy atom. The highest BCUT2D eigenvalue weighted by Crippen LogP contribution is 2.25. The van der Waals surface area contributed by atoms with Crippen molar-refractivity contribution in [3.63, 3.8) is 0 Å². The Balaban J connectivity index is 1.89. The van der Waals surface area contributed by atoms with Gasteiger partial charge in [-0.2, -0.15) is 0 Å². The molecule has 29 heavy (non-hydrogen) atoms. The molecule has 1 aromatic heterocycles. The maximum Gasteiger partial charge on any atom is 0.262 e. The molecule has 1 amide bonds. The van der Waals surface area contributed by atoms with E-state index in [-0.39, 0.29) is 17.3 Å². The molecule has 1 N–H and O–H groups in total. The van der Waals surface area contributed by atoms with Crippen molar-refractivity contribution in [2.75, 3.05) is 5.32 Å². The molecule has 3 rings (SSSR count). The fourth-order valence-corrected chi connectivity index (χ4v) is 3.51. The van der Waals surface area contributed by atoms with E-state index in [1.807, 2.05) is 0 Å². The predicted octanol–water partition coefficient (Wildman–Crippen LogP) is 4.12. The Labute approximate surface area is 168 Å². The van der Waals surface area contributed by atoms with Crippen molar-refractivity contribution in [2.24, 2.45) is 0 Å². The molecule has 0 aliphatic heterocycles. The zero-order valence-electron chi connectivity index (χ0n) is 15.3. The topological polar surface area (TPSA) is 64.0 Å². The van der Waals surface area contributed by atoms with Gasteiger partial charge in [0.1, 0.15) is 0 Å². The number of hydrogen-bond acceptors (Lipinski definition) is 4. The van der Waals surface area contributed by atoms with Crippen LogP contribution >= 0.6 is 11.8 Å². The van der Waals surface area contributed by atoms with E-state index >= 15 is 0 Å². The van der Waals surface area contributed by atoms with Gasteiger partial charge in [-0.25, -0.2) is 18.2 Å². The van der Waals surface area contributed by atoms with Crippen LogP contribution in [-0.2, 0) is 11.3 Å². The first-order valence-corrected chi connectivity index (χ1v) is 9.43. The fraction of sp³-hybridized carbons (Fsp3) is 0.150. The molecular formula is C20H16F3N3O2S. The monoisotopic (exact) mass is 419 g/mol. The van der Waals surface area contributed by atoms with Gasteiger partial charge >= 0.3 is 0 Å².